The number of fused-ring (bicyclic) bond motifs is 1. The maximum atomic E-state index is 13.2. The number of methoxy groups -OCH3 is 1. The van der Waals surface area contributed by atoms with E-state index >= 15 is 0 Å². The molecular weight excluding hydrogens is 374 g/mol. The normalized spacial score (nSPS) is 15.5. The Balaban J connectivity index is 1.82. The number of aromatic nitrogens is 1. The van der Waals surface area contributed by atoms with Gasteiger partial charge in [-0.25, -0.2) is 4.98 Å². The van der Waals surface area contributed by atoms with Crippen molar-refractivity contribution in [3.8, 4) is 5.75 Å². The van der Waals surface area contributed by atoms with Crippen molar-refractivity contribution in [3.05, 3.63) is 82.0 Å². The summed E-state index contributed by atoms with van der Waals surface area (Å²) in [5.41, 5.74) is 4.27. The highest BCUT2D eigenvalue weighted by Gasteiger charge is 2.38. The second-order valence-electron chi connectivity index (χ2n) is 6.80. The second kappa shape index (κ2) is 7.17. The summed E-state index contributed by atoms with van der Waals surface area (Å²) < 4.78 is 5.50. The number of nitrogens with one attached hydrogen (secondary N) is 1. The Morgan fingerprint density at radius 1 is 1.14 bits per heavy atom. The van der Waals surface area contributed by atoms with E-state index in [0.717, 1.165) is 22.4 Å². The van der Waals surface area contributed by atoms with Crippen LogP contribution < -0.4 is 15.0 Å². The zero-order chi connectivity index (χ0) is 19.8. The van der Waals surface area contributed by atoms with Crippen LogP contribution in [0.3, 0.4) is 0 Å². The van der Waals surface area contributed by atoms with Gasteiger partial charge in [0.2, 0.25) is 0 Å². The molecule has 2 aromatic carbocycles. The lowest BCUT2D eigenvalue weighted by atomic mass is 10.1. The van der Waals surface area contributed by atoms with E-state index in [-0.39, 0.29) is 5.91 Å². The Morgan fingerprint density at radius 2 is 1.93 bits per heavy atom. The average Bonchev–Trinajstić information content (AvgIpc) is 2.97. The molecule has 0 radical (unpaired) electrons. The lowest BCUT2D eigenvalue weighted by Gasteiger charge is -2.27. The SMILES string of the molecule is COc1cc(Cl)c(C)cc1NC1c2ccccc2C(=O)N1c1cc(C)ccn1. The first-order chi connectivity index (χ1) is 13.5. The number of hydrogen-bond donors (Lipinski definition) is 1. The summed E-state index contributed by atoms with van der Waals surface area (Å²) in [4.78, 5) is 19.3. The number of carbonyl (C=O) groups excluding carboxylic acids is 1. The van der Waals surface area contributed by atoms with Crippen molar-refractivity contribution in [2.75, 3.05) is 17.3 Å². The molecule has 5 nitrogen and oxygen atoms in total. The fourth-order valence-electron chi connectivity index (χ4n) is 3.44. The third-order valence-electron chi connectivity index (χ3n) is 4.88. The average molecular weight is 394 g/mol. The van der Waals surface area contributed by atoms with Gasteiger partial charge in [-0.15, -0.1) is 0 Å². The number of hydrogen-bond acceptors (Lipinski definition) is 4. The van der Waals surface area contributed by atoms with E-state index in [9.17, 15) is 4.79 Å². The van der Waals surface area contributed by atoms with Crippen molar-refractivity contribution in [2.45, 2.75) is 20.0 Å². The van der Waals surface area contributed by atoms with E-state index in [1.807, 2.05) is 56.3 Å². The highest BCUT2D eigenvalue weighted by Crippen LogP contribution is 2.40. The van der Waals surface area contributed by atoms with Crippen LogP contribution in [0.25, 0.3) is 0 Å². The van der Waals surface area contributed by atoms with Crippen molar-refractivity contribution >= 4 is 29.0 Å². The molecular formula is C22H20ClN3O2. The molecule has 0 saturated carbocycles. The number of anilines is 2. The molecule has 142 valence electrons. The molecule has 4 rings (SSSR count). The number of carbonyl (C=O) groups is 1. The van der Waals surface area contributed by atoms with Gasteiger partial charge in [-0.05, 0) is 49.2 Å². The van der Waals surface area contributed by atoms with Crippen LogP contribution in [-0.4, -0.2) is 18.0 Å². The molecule has 1 aromatic heterocycles. The van der Waals surface area contributed by atoms with Crippen LogP contribution in [-0.2, 0) is 0 Å². The van der Waals surface area contributed by atoms with Crippen LogP contribution in [0.5, 0.6) is 5.75 Å². The van der Waals surface area contributed by atoms with Crippen LogP contribution in [0.15, 0.2) is 54.7 Å². The van der Waals surface area contributed by atoms with Crippen molar-refractivity contribution in [1.29, 1.82) is 0 Å². The number of rotatable bonds is 4. The van der Waals surface area contributed by atoms with Crippen molar-refractivity contribution < 1.29 is 9.53 Å². The van der Waals surface area contributed by atoms with E-state index in [2.05, 4.69) is 10.3 Å². The van der Waals surface area contributed by atoms with E-state index in [4.69, 9.17) is 16.3 Å². The van der Waals surface area contributed by atoms with Gasteiger partial charge in [-0.2, -0.15) is 0 Å². The molecule has 1 N–H and O–H groups in total. The Hall–Kier alpha value is -3.05. The van der Waals surface area contributed by atoms with Crippen LogP contribution in [0.4, 0.5) is 11.5 Å². The van der Waals surface area contributed by atoms with E-state index in [1.165, 1.54) is 0 Å². The van der Waals surface area contributed by atoms with Crippen molar-refractivity contribution in [2.24, 2.45) is 0 Å². The van der Waals surface area contributed by atoms with Crippen LogP contribution in [0.2, 0.25) is 5.02 Å². The molecule has 6 heteroatoms. The predicted octanol–water partition coefficient (Wildman–Crippen LogP) is 5.13. The van der Waals surface area contributed by atoms with Crippen molar-refractivity contribution in [1.82, 2.24) is 4.98 Å². The van der Waals surface area contributed by atoms with Crippen molar-refractivity contribution in [3.63, 3.8) is 0 Å². The van der Waals surface area contributed by atoms with Gasteiger partial charge in [0.1, 0.15) is 17.7 Å². The molecule has 1 atom stereocenters. The molecule has 1 aliphatic heterocycles. The molecule has 1 aliphatic rings. The summed E-state index contributed by atoms with van der Waals surface area (Å²) in [6.07, 6.45) is 1.30. The zero-order valence-corrected chi connectivity index (χ0v) is 16.6. The molecule has 0 saturated heterocycles. The summed E-state index contributed by atoms with van der Waals surface area (Å²) >= 11 is 6.25. The molecule has 0 aliphatic carbocycles. The number of nitrogens with zero attached hydrogens (tertiary/aromatic N) is 2. The summed E-state index contributed by atoms with van der Waals surface area (Å²) in [7, 11) is 1.60. The standard InChI is InChI=1S/C22H20ClN3O2/c1-13-8-9-24-20(10-13)26-21(15-6-4-5-7-16(15)22(26)27)25-18-11-14(2)17(23)12-19(18)28-3/h4-12,21,25H,1-3H3. The monoisotopic (exact) mass is 393 g/mol. The minimum atomic E-state index is -0.410. The maximum absolute atomic E-state index is 13.2. The van der Waals surface area contributed by atoms with E-state index in [1.54, 1.807) is 24.3 Å². The molecule has 3 aromatic rings. The maximum Gasteiger partial charge on any atom is 0.261 e. The fraction of sp³-hybridized carbons (Fsp3) is 0.182. The third kappa shape index (κ3) is 3.08. The summed E-state index contributed by atoms with van der Waals surface area (Å²) in [6.45, 7) is 3.91. The zero-order valence-electron chi connectivity index (χ0n) is 15.9. The lowest BCUT2D eigenvalue weighted by molar-refractivity contribution is 0.0992. The Kier molecular flexibility index (Phi) is 4.69. The van der Waals surface area contributed by atoms with Crippen LogP contribution in [0.1, 0.15) is 33.2 Å². The molecule has 0 spiro atoms. The minimum Gasteiger partial charge on any atom is -0.495 e. The summed E-state index contributed by atoms with van der Waals surface area (Å²) in [5.74, 6) is 1.13. The molecule has 2 heterocycles. The van der Waals surface area contributed by atoms with Gasteiger partial charge in [0.25, 0.3) is 5.91 Å². The molecule has 1 unspecified atom stereocenters. The second-order valence-corrected chi connectivity index (χ2v) is 7.21. The number of amides is 1. The topological polar surface area (TPSA) is 54.5 Å². The first-order valence-corrected chi connectivity index (χ1v) is 9.33. The number of halogens is 1. The smallest absolute Gasteiger partial charge is 0.261 e. The molecule has 28 heavy (non-hydrogen) atoms. The van der Waals surface area contributed by atoms with Gasteiger partial charge in [0.15, 0.2) is 0 Å². The summed E-state index contributed by atoms with van der Waals surface area (Å²) in [5, 5.41) is 4.09. The van der Waals surface area contributed by atoms with Crippen LogP contribution in [0, 0.1) is 13.8 Å². The highest BCUT2D eigenvalue weighted by atomic mass is 35.5. The van der Waals surface area contributed by atoms with Gasteiger partial charge in [-0.1, -0.05) is 29.8 Å². The number of aryl methyl sites for hydroxylation is 2. The third-order valence-corrected chi connectivity index (χ3v) is 5.29. The van der Waals surface area contributed by atoms with Gasteiger partial charge < -0.3 is 10.1 Å². The lowest BCUT2D eigenvalue weighted by Crippen LogP contribution is -2.33. The van der Waals surface area contributed by atoms with Gasteiger partial charge in [0.05, 0.1) is 12.8 Å². The minimum absolute atomic E-state index is 0.0872. The molecule has 0 fully saturated rings. The quantitative estimate of drug-likeness (QED) is 0.667. The molecule has 0 bridgehead atoms. The highest BCUT2D eigenvalue weighted by molar-refractivity contribution is 6.31. The Morgan fingerprint density at radius 3 is 2.68 bits per heavy atom. The first-order valence-electron chi connectivity index (χ1n) is 8.95. The number of benzene rings is 2. The predicted molar refractivity (Wildman–Crippen MR) is 111 cm³/mol. The van der Waals surface area contributed by atoms with E-state index in [0.29, 0.717) is 22.2 Å². The van der Waals surface area contributed by atoms with Gasteiger partial charge >= 0.3 is 0 Å². The molecule has 1 amide bonds. The van der Waals surface area contributed by atoms with Gasteiger partial charge in [-0.3, -0.25) is 9.69 Å². The summed E-state index contributed by atoms with van der Waals surface area (Å²) in [6, 6.07) is 15.1. The van der Waals surface area contributed by atoms with Crippen LogP contribution >= 0.6 is 11.6 Å². The Labute approximate surface area is 168 Å². The fourth-order valence-corrected chi connectivity index (χ4v) is 3.59. The van der Waals surface area contributed by atoms with Gasteiger partial charge in [0, 0.05) is 28.4 Å². The first kappa shape index (κ1) is 18.3. The Bertz CT molecular complexity index is 1070. The van der Waals surface area contributed by atoms with E-state index < -0.39 is 6.17 Å². The largest absolute Gasteiger partial charge is 0.495 e. The number of ether oxygens (including phenoxy) is 1. The number of pyridine rings is 1.